The van der Waals surface area contributed by atoms with Gasteiger partial charge in [-0.15, -0.1) is 0 Å². The maximum atomic E-state index is 5.80. The van der Waals surface area contributed by atoms with Gasteiger partial charge in [-0.3, -0.25) is 4.90 Å². The fraction of sp³-hybridized carbons (Fsp3) is 0.478. The monoisotopic (exact) mass is 411 g/mol. The lowest BCUT2D eigenvalue weighted by Crippen LogP contribution is -2.44. The number of hydrogen-bond acceptors (Lipinski definition) is 5. The molecule has 162 valence electrons. The maximum Gasteiger partial charge on any atom is 0.219 e. The van der Waals surface area contributed by atoms with Gasteiger partial charge in [0.05, 0.1) is 13.7 Å². The first-order valence-corrected chi connectivity index (χ1v) is 10.7. The zero-order valence-corrected chi connectivity index (χ0v) is 18.2. The van der Waals surface area contributed by atoms with Gasteiger partial charge in [-0.1, -0.05) is 19.1 Å². The number of pyridine rings is 1. The van der Waals surface area contributed by atoms with Crippen molar-refractivity contribution < 1.29 is 9.47 Å². The Hall–Kier alpha value is -2.80. The van der Waals surface area contributed by atoms with Gasteiger partial charge in [0.2, 0.25) is 5.88 Å². The SMILES string of the molecule is CCNC(=NCc1ccc(Oc2cccc(OC)c2)nc1)NCC1CCCN1CC. The van der Waals surface area contributed by atoms with Crippen LogP contribution in [-0.2, 0) is 6.54 Å². The Labute approximate surface area is 179 Å². The third-order valence-corrected chi connectivity index (χ3v) is 5.24. The van der Waals surface area contributed by atoms with E-state index in [1.54, 1.807) is 13.3 Å². The van der Waals surface area contributed by atoms with Crippen LogP contribution in [0.3, 0.4) is 0 Å². The smallest absolute Gasteiger partial charge is 0.219 e. The van der Waals surface area contributed by atoms with Crippen LogP contribution >= 0.6 is 0 Å². The Kier molecular flexibility index (Phi) is 8.32. The lowest BCUT2D eigenvalue weighted by Gasteiger charge is -2.24. The van der Waals surface area contributed by atoms with E-state index < -0.39 is 0 Å². The zero-order valence-electron chi connectivity index (χ0n) is 18.2. The normalized spacial score (nSPS) is 17.0. The largest absolute Gasteiger partial charge is 0.497 e. The van der Waals surface area contributed by atoms with Gasteiger partial charge < -0.3 is 20.1 Å². The minimum atomic E-state index is 0.543. The molecule has 0 spiro atoms. The number of hydrogen-bond donors (Lipinski definition) is 2. The van der Waals surface area contributed by atoms with Crippen LogP contribution < -0.4 is 20.1 Å². The van der Waals surface area contributed by atoms with Crippen molar-refractivity contribution in [2.45, 2.75) is 39.3 Å². The first-order chi connectivity index (χ1) is 14.7. The van der Waals surface area contributed by atoms with Gasteiger partial charge in [0.15, 0.2) is 5.96 Å². The molecular formula is C23H33N5O2. The van der Waals surface area contributed by atoms with E-state index in [4.69, 9.17) is 14.5 Å². The number of likely N-dealkylation sites (N-methyl/N-ethyl adjacent to an activating group) is 1. The molecule has 0 aliphatic carbocycles. The summed E-state index contributed by atoms with van der Waals surface area (Å²) in [7, 11) is 1.64. The van der Waals surface area contributed by atoms with Crippen molar-refractivity contribution in [1.82, 2.24) is 20.5 Å². The Balaban J connectivity index is 1.54. The standard InChI is InChI=1S/C23H33N5O2/c1-4-24-23(27-17-19-8-7-13-28(19)5-2)26-16-18-11-12-22(25-15-18)30-21-10-6-9-20(14-21)29-3/h6,9-12,14-15,19H,4-5,7-8,13,16-17H2,1-3H3,(H2,24,26,27). The summed E-state index contributed by atoms with van der Waals surface area (Å²) in [6.45, 7) is 8.93. The summed E-state index contributed by atoms with van der Waals surface area (Å²) >= 11 is 0. The fourth-order valence-corrected chi connectivity index (χ4v) is 3.62. The number of guanidine groups is 1. The Morgan fingerprint density at radius 3 is 2.80 bits per heavy atom. The number of nitrogens with one attached hydrogen (secondary N) is 2. The molecule has 0 amide bonds. The number of aromatic nitrogens is 1. The Morgan fingerprint density at radius 1 is 1.20 bits per heavy atom. The average Bonchev–Trinajstić information content (AvgIpc) is 3.24. The molecule has 2 heterocycles. The van der Waals surface area contributed by atoms with E-state index in [1.807, 2.05) is 36.4 Å². The van der Waals surface area contributed by atoms with Crippen molar-refractivity contribution in [3.8, 4) is 17.4 Å². The average molecular weight is 412 g/mol. The molecule has 1 atom stereocenters. The molecule has 1 unspecified atom stereocenters. The fourth-order valence-electron chi connectivity index (χ4n) is 3.62. The molecule has 0 radical (unpaired) electrons. The van der Waals surface area contributed by atoms with Crippen molar-refractivity contribution in [3.05, 3.63) is 48.2 Å². The summed E-state index contributed by atoms with van der Waals surface area (Å²) in [5.74, 6) is 2.83. The van der Waals surface area contributed by atoms with Crippen LogP contribution in [0.1, 0.15) is 32.3 Å². The summed E-state index contributed by atoms with van der Waals surface area (Å²) in [6, 6.07) is 11.9. The van der Waals surface area contributed by atoms with Crippen LogP contribution in [0, 0.1) is 0 Å². The second kappa shape index (κ2) is 11.4. The second-order valence-electron chi connectivity index (χ2n) is 7.29. The van der Waals surface area contributed by atoms with Gasteiger partial charge in [0, 0.05) is 37.5 Å². The lowest BCUT2D eigenvalue weighted by molar-refractivity contribution is 0.267. The third kappa shape index (κ3) is 6.35. The predicted molar refractivity (Wildman–Crippen MR) is 120 cm³/mol. The number of benzene rings is 1. The molecule has 1 aromatic heterocycles. The number of ether oxygens (including phenoxy) is 2. The molecule has 0 saturated carbocycles. The molecule has 2 aromatic rings. The van der Waals surface area contributed by atoms with Crippen LogP contribution in [0.25, 0.3) is 0 Å². The maximum absolute atomic E-state index is 5.80. The van der Waals surface area contributed by atoms with Gasteiger partial charge in [0.1, 0.15) is 11.5 Å². The topological polar surface area (TPSA) is 71.0 Å². The molecule has 1 fully saturated rings. The van der Waals surface area contributed by atoms with E-state index in [2.05, 4.69) is 34.4 Å². The van der Waals surface area contributed by atoms with Crippen molar-refractivity contribution >= 4 is 5.96 Å². The lowest BCUT2D eigenvalue weighted by atomic mass is 10.2. The van der Waals surface area contributed by atoms with Crippen molar-refractivity contribution in [1.29, 1.82) is 0 Å². The van der Waals surface area contributed by atoms with Gasteiger partial charge >= 0.3 is 0 Å². The quantitative estimate of drug-likeness (QED) is 0.487. The highest BCUT2D eigenvalue weighted by Crippen LogP contribution is 2.23. The van der Waals surface area contributed by atoms with Gasteiger partial charge in [-0.2, -0.15) is 0 Å². The third-order valence-electron chi connectivity index (χ3n) is 5.24. The second-order valence-corrected chi connectivity index (χ2v) is 7.29. The van der Waals surface area contributed by atoms with Crippen molar-refractivity contribution in [3.63, 3.8) is 0 Å². The van der Waals surface area contributed by atoms with Gasteiger partial charge in [0.25, 0.3) is 0 Å². The summed E-state index contributed by atoms with van der Waals surface area (Å²) in [4.78, 5) is 11.6. The van der Waals surface area contributed by atoms with Crippen LogP contribution in [0.15, 0.2) is 47.6 Å². The minimum absolute atomic E-state index is 0.543. The molecule has 1 saturated heterocycles. The molecule has 30 heavy (non-hydrogen) atoms. The van der Waals surface area contributed by atoms with Gasteiger partial charge in [-0.05, 0) is 50.6 Å². The molecule has 3 rings (SSSR count). The van der Waals surface area contributed by atoms with E-state index in [9.17, 15) is 0 Å². The number of methoxy groups -OCH3 is 1. The number of nitrogens with zero attached hydrogens (tertiary/aromatic N) is 3. The molecule has 2 N–H and O–H groups in total. The predicted octanol–water partition coefficient (Wildman–Crippen LogP) is 3.42. The van der Waals surface area contributed by atoms with Crippen LogP contribution in [-0.4, -0.2) is 55.2 Å². The first kappa shape index (κ1) is 21.9. The van der Waals surface area contributed by atoms with E-state index in [0.717, 1.165) is 36.9 Å². The summed E-state index contributed by atoms with van der Waals surface area (Å²) in [5, 5.41) is 6.82. The molecule has 1 aromatic carbocycles. The van der Waals surface area contributed by atoms with E-state index in [1.165, 1.54) is 19.4 Å². The minimum Gasteiger partial charge on any atom is -0.497 e. The number of likely N-dealkylation sites (tertiary alicyclic amines) is 1. The first-order valence-electron chi connectivity index (χ1n) is 10.7. The Morgan fingerprint density at radius 2 is 2.07 bits per heavy atom. The van der Waals surface area contributed by atoms with Gasteiger partial charge in [-0.25, -0.2) is 9.98 Å². The summed E-state index contributed by atoms with van der Waals surface area (Å²) < 4.78 is 11.0. The highest BCUT2D eigenvalue weighted by molar-refractivity contribution is 5.79. The number of aliphatic imine (C=N–C) groups is 1. The van der Waals surface area contributed by atoms with Crippen molar-refractivity contribution in [2.75, 3.05) is 33.3 Å². The van der Waals surface area contributed by atoms with Crippen LogP contribution in [0.2, 0.25) is 0 Å². The highest BCUT2D eigenvalue weighted by atomic mass is 16.5. The van der Waals surface area contributed by atoms with Crippen molar-refractivity contribution in [2.24, 2.45) is 4.99 Å². The van der Waals surface area contributed by atoms with E-state index >= 15 is 0 Å². The van der Waals surface area contributed by atoms with E-state index in [-0.39, 0.29) is 0 Å². The molecule has 1 aliphatic rings. The van der Waals surface area contributed by atoms with Crippen LogP contribution in [0.5, 0.6) is 17.4 Å². The number of rotatable bonds is 9. The highest BCUT2D eigenvalue weighted by Gasteiger charge is 2.22. The molecule has 0 bridgehead atoms. The van der Waals surface area contributed by atoms with Crippen LogP contribution in [0.4, 0.5) is 0 Å². The summed E-state index contributed by atoms with van der Waals surface area (Å²) in [5.41, 5.74) is 1.03. The summed E-state index contributed by atoms with van der Waals surface area (Å²) in [6.07, 6.45) is 4.33. The molecular weight excluding hydrogens is 378 g/mol. The molecule has 7 nitrogen and oxygen atoms in total. The van der Waals surface area contributed by atoms with E-state index in [0.29, 0.717) is 24.2 Å². The molecule has 7 heteroatoms. The zero-order chi connectivity index (χ0) is 21.2. The Bertz CT molecular complexity index is 809. The molecule has 1 aliphatic heterocycles.